The van der Waals surface area contributed by atoms with E-state index in [1.54, 1.807) is 42.3 Å². The van der Waals surface area contributed by atoms with Crippen LogP contribution in [-0.2, 0) is 0 Å². The molecule has 1 aliphatic carbocycles. The summed E-state index contributed by atoms with van der Waals surface area (Å²) in [6.07, 6.45) is 9.33. The number of carbonyl (C=O) groups is 2. The number of unbranched alkanes of at least 4 members (excludes halogenated alkanes) is 1. The Morgan fingerprint density at radius 3 is 2.38 bits per heavy atom. The molecular weight excluding hydrogens is 424 g/mol. The molecule has 7 nitrogen and oxygen atoms in total. The highest BCUT2D eigenvalue weighted by Crippen LogP contribution is 2.36. The molecule has 0 bridgehead atoms. The van der Waals surface area contributed by atoms with Crippen molar-refractivity contribution in [1.82, 2.24) is 19.7 Å². The van der Waals surface area contributed by atoms with Gasteiger partial charge in [0.1, 0.15) is 0 Å². The zero-order chi connectivity index (χ0) is 21.9. The van der Waals surface area contributed by atoms with E-state index in [2.05, 4.69) is 14.8 Å². The quantitative estimate of drug-likeness (QED) is 0.266. The van der Waals surface area contributed by atoms with Crippen molar-refractivity contribution in [2.75, 3.05) is 12.3 Å². The van der Waals surface area contributed by atoms with Crippen LogP contribution in [0.4, 0.5) is 0 Å². The Bertz CT molecular complexity index is 1070. The van der Waals surface area contributed by atoms with Crippen LogP contribution in [0.25, 0.3) is 11.6 Å². The molecule has 32 heavy (non-hydrogen) atoms. The van der Waals surface area contributed by atoms with Gasteiger partial charge in [0.25, 0.3) is 11.8 Å². The van der Waals surface area contributed by atoms with Crippen LogP contribution in [0.15, 0.2) is 52.2 Å². The van der Waals surface area contributed by atoms with Crippen molar-refractivity contribution >= 4 is 23.6 Å². The maximum Gasteiger partial charge on any atom is 0.261 e. The number of fused-ring (bicyclic) bond motifs is 1. The van der Waals surface area contributed by atoms with Gasteiger partial charge in [0.15, 0.2) is 10.9 Å². The number of benzene rings is 1. The molecule has 5 rings (SSSR count). The monoisotopic (exact) mass is 450 g/mol. The van der Waals surface area contributed by atoms with Crippen LogP contribution >= 0.6 is 11.8 Å². The third kappa shape index (κ3) is 3.99. The van der Waals surface area contributed by atoms with Gasteiger partial charge in [-0.25, -0.2) is 0 Å². The summed E-state index contributed by atoms with van der Waals surface area (Å²) in [5.74, 6) is 2.04. The Labute approximate surface area is 191 Å². The molecule has 2 aromatic heterocycles. The van der Waals surface area contributed by atoms with Crippen LogP contribution in [-0.4, -0.2) is 43.8 Å². The highest BCUT2D eigenvalue weighted by atomic mass is 32.2. The Hall–Kier alpha value is -2.87. The molecule has 0 radical (unpaired) electrons. The Morgan fingerprint density at radius 1 is 0.938 bits per heavy atom. The van der Waals surface area contributed by atoms with E-state index in [0.29, 0.717) is 23.7 Å². The molecule has 1 fully saturated rings. The van der Waals surface area contributed by atoms with Gasteiger partial charge in [-0.2, -0.15) is 0 Å². The number of aromatic nitrogens is 3. The van der Waals surface area contributed by atoms with Crippen molar-refractivity contribution in [2.45, 2.75) is 56.1 Å². The molecule has 2 amide bonds. The van der Waals surface area contributed by atoms with Crippen molar-refractivity contribution in [1.29, 1.82) is 0 Å². The van der Waals surface area contributed by atoms with E-state index in [-0.39, 0.29) is 11.8 Å². The van der Waals surface area contributed by atoms with Gasteiger partial charge in [0, 0.05) is 18.3 Å². The second-order valence-corrected chi connectivity index (χ2v) is 9.37. The predicted molar refractivity (Wildman–Crippen MR) is 122 cm³/mol. The summed E-state index contributed by atoms with van der Waals surface area (Å²) in [7, 11) is 0. The van der Waals surface area contributed by atoms with Crippen molar-refractivity contribution in [3.63, 3.8) is 0 Å². The van der Waals surface area contributed by atoms with Gasteiger partial charge >= 0.3 is 0 Å². The molecule has 0 atom stereocenters. The minimum Gasteiger partial charge on any atom is -0.461 e. The van der Waals surface area contributed by atoms with E-state index in [4.69, 9.17) is 4.42 Å². The molecule has 2 aliphatic rings. The lowest BCUT2D eigenvalue weighted by Gasteiger charge is -2.25. The lowest BCUT2D eigenvalue weighted by atomic mass is 9.95. The maximum atomic E-state index is 12.5. The number of rotatable bonds is 8. The summed E-state index contributed by atoms with van der Waals surface area (Å²) in [4.78, 5) is 26.4. The van der Waals surface area contributed by atoms with Crippen LogP contribution < -0.4 is 0 Å². The van der Waals surface area contributed by atoms with Crippen molar-refractivity contribution in [3.8, 4) is 11.6 Å². The van der Waals surface area contributed by atoms with Crippen LogP contribution in [0.3, 0.4) is 0 Å². The Balaban J connectivity index is 1.20. The first-order valence-electron chi connectivity index (χ1n) is 11.3. The molecule has 1 aliphatic heterocycles. The van der Waals surface area contributed by atoms with Gasteiger partial charge in [-0.15, -0.1) is 10.2 Å². The minimum absolute atomic E-state index is 0.182. The first-order valence-corrected chi connectivity index (χ1v) is 12.3. The summed E-state index contributed by atoms with van der Waals surface area (Å²) >= 11 is 1.69. The van der Waals surface area contributed by atoms with E-state index >= 15 is 0 Å². The number of nitrogens with zero attached hydrogens (tertiary/aromatic N) is 4. The van der Waals surface area contributed by atoms with Crippen LogP contribution in [0.5, 0.6) is 0 Å². The average molecular weight is 451 g/mol. The average Bonchev–Trinajstić information content (AvgIpc) is 3.55. The highest BCUT2D eigenvalue weighted by molar-refractivity contribution is 7.99. The van der Waals surface area contributed by atoms with E-state index in [0.717, 1.165) is 48.2 Å². The summed E-state index contributed by atoms with van der Waals surface area (Å²) < 4.78 is 7.87. The molecule has 0 spiro atoms. The molecule has 166 valence electrons. The molecule has 0 N–H and O–H groups in total. The Morgan fingerprint density at radius 2 is 1.69 bits per heavy atom. The van der Waals surface area contributed by atoms with E-state index in [1.807, 2.05) is 12.1 Å². The summed E-state index contributed by atoms with van der Waals surface area (Å²) in [6.45, 7) is 0.444. The fourth-order valence-corrected chi connectivity index (χ4v) is 5.60. The van der Waals surface area contributed by atoms with E-state index < -0.39 is 0 Å². The van der Waals surface area contributed by atoms with Gasteiger partial charge in [-0.3, -0.25) is 19.1 Å². The van der Waals surface area contributed by atoms with Crippen LogP contribution in [0.2, 0.25) is 0 Å². The number of carbonyl (C=O) groups excluding carboxylic acids is 2. The van der Waals surface area contributed by atoms with Crippen molar-refractivity contribution in [3.05, 3.63) is 53.8 Å². The third-order valence-electron chi connectivity index (χ3n) is 6.23. The number of thioether (sulfide) groups is 1. The molecule has 3 heterocycles. The zero-order valence-electron chi connectivity index (χ0n) is 17.9. The van der Waals surface area contributed by atoms with Crippen molar-refractivity contribution < 1.29 is 14.0 Å². The van der Waals surface area contributed by atoms with Gasteiger partial charge in [0.05, 0.1) is 17.4 Å². The van der Waals surface area contributed by atoms with Gasteiger partial charge in [-0.1, -0.05) is 43.2 Å². The predicted octanol–water partition coefficient (Wildman–Crippen LogP) is 5.21. The highest BCUT2D eigenvalue weighted by Gasteiger charge is 2.34. The third-order valence-corrected chi connectivity index (χ3v) is 7.26. The standard InChI is InChI=1S/C24H26N4O3S/c29-22-18-11-4-5-12-19(18)23(30)27(22)14-6-7-16-32-24-26-25-21(20-13-8-15-31-20)28(24)17-9-2-1-3-10-17/h4-5,8,11-13,15,17H,1-3,6-7,9-10,14,16H2. The number of imide groups is 1. The van der Waals surface area contributed by atoms with Crippen LogP contribution in [0.1, 0.15) is 71.7 Å². The SMILES string of the molecule is O=C1c2ccccc2C(=O)N1CCCCSc1nnc(-c2ccco2)n1C1CCCCC1. The van der Waals surface area contributed by atoms with E-state index in [9.17, 15) is 9.59 Å². The molecule has 1 saturated carbocycles. The minimum atomic E-state index is -0.182. The number of amides is 2. The molecule has 1 aromatic carbocycles. The lowest BCUT2D eigenvalue weighted by molar-refractivity contribution is 0.0652. The molecule has 8 heteroatoms. The normalized spacial score (nSPS) is 16.7. The largest absolute Gasteiger partial charge is 0.461 e. The fraction of sp³-hybridized carbons (Fsp3) is 0.417. The summed E-state index contributed by atoms with van der Waals surface area (Å²) in [5, 5.41) is 9.83. The zero-order valence-corrected chi connectivity index (χ0v) is 18.7. The fourth-order valence-electron chi connectivity index (χ4n) is 4.60. The molecule has 3 aromatic rings. The second-order valence-electron chi connectivity index (χ2n) is 8.31. The van der Waals surface area contributed by atoms with E-state index in [1.165, 1.54) is 24.2 Å². The first-order chi connectivity index (χ1) is 15.7. The van der Waals surface area contributed by atoms with Gasteiger partial charge in [0.2, 0.25) is 5.82 Å². The smallest absolute Gasteiger partial charge is 0.261 e. The summed E-state index contributed by atoms with van der Waals surface area (Å²) in [6, 6.07) is 11.2. The lowest BCUT2D eigenvalue weighted by Crippen LogP contribution is -2.30. The summed E-state index contributed by atoms with van der Waals surface area (Å²) in [5.41, 5.74) is 1.02. The molecular formula is C24H26N4O3S. The Kier molecular flexibility index (Phi) is 6.12. The van der Waals surface area contributed by atoms with Crippen molar-refractivity contribution in [2.24, 2.45) is 0 Å². The first kappa shape index (κ1) is 21.0. The van der Waals surface area contributed by atoms with Gasteiger partial charge < -0.3 is 4.42 Å². The number of furan rings is 1. The number of hydrogen-bond acceptors (Lipinski definition) is 6. The second kappa shape index (κ2) is 9.32. The van der Waals surface area contributed by atoms with Gasteiger partial charge in [-0.05, 0) is 49.9 Å². The maximum absolute atomic E-state index is 12.5. The van der Waals surface area contributed by atoms with Crippen LogP contribution in [0, 0.1) is 0 Å². The topological polar surface area (TPSA) is 81.2 Å². The number of hydrogen-bond donors (Lipinski definition) is 0. The molecule has 0 saturated heterocycles. The molecule has 0 unspecified atom stereocenters.